The summed E-state index contributed by atoms with van der Waals surface area (Å²) >= 11 is 0. The van der Waals surface area contributed by atoms with Gasteiger partial charge in [-0.2, -0.15) is 0 Å². The molecule has 2 aliphatic carbocycles. The van der Waals surface area contributed by atoms with Gasteiger partial charge in [0.05, 0.1) is 0 Å². The second kappa shape index (κ2) is 8.66. The number of allylic oxidation sites excluding steroid dienone is 2. The van der Waals surface area contributed by atoms with Crippen molar-refractivity contribution < 1.29 is 22.3 Å². The van der Waals surface area contributed by atoms with E-state index in [2.05, 4.69) is 23.8 Å². The average molecular weight is 384 g/mol. The van der Waals surface area contributed by atoms with Crippen LogP contribution in [0.25, 0.3) is 0 Å². The maximum atomic E-state index is 14.0. The van der Waals surface area contributed by atoms with Crippen LogP contribution in [0.2, 0.25) is 0 Å². The number of halogens is 4. The summed E-state index contributed by atoms with van der Waals surface area (Å²) in [5.74, 6) is 0.604. The molecule has 0 heterocycles. The number of hydrogen-bond donors (Lipinski definition) is 0. The van der Waals surface area contributed by atoms with Crippen molar-refractivity contribution in [2.24, 2.45) is 17.8 Å². The molecule has 2 saturated carbocycles. The summed E-state index contributed by atoms with van der Waals surface area (Å²) in [7, 11) is 0. The minimum atomic E-state index is -4.87. The molecule has 1 aromatic carbocycles. The fraction of sp³-hybridized carbons (Fsp3) is 0.636. The Bertz CT molecular complexity index is 652. The van der Waals surface area contributed by atoms with Crippen LogP contribution >= 0.6 is 0 Å². The van der Waals surface area contributed by atoms with E-state index in [-0.39, 0.29) is 5.92 Å². The molecule has 0 radical (unpaired) electrons. The highest BCUT2D eigenvalue weighted by Gasteiger charge is 2.36. The molecule has 27 heavy (non-hydrogen) atoms. The number of benzene rings is 1. The Kier molecular flexibility index (Phi) is 6.48. The third-order valence-corrected chi connectivity index (χ3v) is 6.17. The maximum Gasteiger partial charge on any atom is 0.573 e. The standard InChI is InChI=1S/C22H28F4O/c1-2-3-4-5-15-6-7-17-13-18(9-8-16(17)12-15)19-10-11-21(20(23)14-19)27-22(24,25)26/h4-5,10-11,14-18H,2-3,6-9,12-13H2,1H3. The van der Waals surface area contributed by atoms with Crippen LogP contribution in [0.5, 0.6) is 5.75 Å². The zero-order chi connectivity index (χ0) is 19.4. The van der Waals surface area contributed by atoms with Gasteiger partial charge in [-0.15, -0.1) is 13.2 Å². The summed E-state index contributed by atoms with van der Waals surface area (Å²) in [4.78, 5) is 0. The number of fused-ring (bicyclic) bond motifs is 1. The summed E-state index contributed by atoms with van der Waals surface area (Å²) in [6, 6.07) is 3.93. The molecular weight excluding hydrogens is 356 g/mol. The Labute approximate surface area is 158 Å². The van der Waals surface area contributed by atoms with Gasteiger partial charge in [-0.3, -0.25) is 0 Å². The minimum absolute atomic E-state index is 0.230. The molecule has 4 unspecified atom stereocenters. The predicted molar refractivity (Wildman–Crippen MR) is 98.0 cm³/mol. The highest BCUT2D eigenvalue weighted by Crippen LogP contribution is 2.48. The smallest absolute Gasteiger partial charge is 0.403 e. The second-order valence-corrected chi connectivity index (χ2v) is 8.06. The minimum Gasteiger partial charge on any atom is -0.403 e. The Morgan fingerprint density at radius 1 is 1.07 bits per heavy atom. The lowest BCUT2D eigenvalue weighted by atomic mass is 9.64. The van der Waals surface area contributed by atoms with E-state index in [1.807, 2.05) is 0 Å². The van der Waals surface area contributed by atoms with Gasteiger partial charge in [0.2, 0.25) is 0 Å². The number of rotatable bonds is 5. The first-order chi connectivity index (χ1) is 12.9. The summed E-state index contributed by atoms with van der Waals surface area (Å²) < 4.78 is 54.7. The molecule has 5 heteroatoms. The lowest BCUT2D eigenvalue weighted by Gasteiger charge is -2.42. The van der Waals surface area contributed by atoms with E-state index in [1.54, 1.807) is 6.07 Å². The third kappa shape index (κ3) is 5.49. The molecule has 0 spiro atoms. The molecule has 0 saturated heterocycles. The van der Waals surface area contributed by atoms with Crippen LogP contribution in [-0.4, -0.2) is 6.36 Å². The van der Waals surface area contributed by atoms with Crippen molar-refractivity contribution in [2.45, 2.75) is 70.6 Å². The van der Waals surface area contributed by atoms with Gasteiger partial charge in [-0.1, -0.05) is 31.6 Å². The zero-order valence-electron chi connectivity index (χ0n) is 15.8. The third-order valence-electron chi connectivity index (χ3n) is 6.17. The molecule has 0 aromatic heterocycles. The van der Waals surface area contributed by atoms with Crippen LogP contribution in [0.1, 0.15) is 69.8 Å². The van der Waals surface area contributed by atoms with Crippen molar-refractivity contribution in [3.8, 4) is 5.75 Å². The lowest BCUT2D eigenvalue weighted by Crippen LogP contribution is -2.30. The summed E-state index contributed by atoms with van der Waals surface area (Å²) in [5.41, 5.74) is 0.797. The van der Waals surface area contributed by atoms with Crippen molar-refractivity contribution in [1.82, 2.24) is 0 Å². The number of ether oxygens (including phenoxy) is 1. The monoisotopic (exact) mass is 384 g/mol. The van der Waals surface area contributed by atoms with Crippen LogP contribution in [0.15, 0.2) is 30.4 Å². The molecule has 0 amide bonds. The van der Waals surface area contributed by atoms with Crippen LogP contribution in [0, 0.1) is 23.6 Å². The molecular formula is C22H28F4O. The fourth-order valence-electron chi connectivity index (χ4n) is 4.84. The largest absolute Gasteiger partial charge is 0.573 e. The molecule has 0 N–H and O–H groups in total. The van der Waals surface area contributed by atoms with E-state index >= 15 is 0 Å². The van der Waals surface area contributed by atoms with Crippen molar-refractivity contribution in [2.75, 3.05) is 0 Å². The summed E-state index contributed by atoms with van der Waals surface area (Å²) in [5, 5.41) is 0. The molecule has 1 nitrogen and oxygen atoms in total. The Morgan fingerprint density at radius 3 is 2.52 bits per heavy atom. The van der Waals surface area contributed by atoms with Crippen molar-refractivity contribution in [3.05, 3.63) is 41.7 Å². The molecule has 0 bridgehead atoms. The number of alkyl halides is 3. The molecule has 2 fully saturated rings. The predicted octanol–water partition coefficient (Wildman–Crippen LogP) is 7.38. The number of unbranched alkanes of at least 4 members (excludes halogenated alkanes) is 1. The first kappa shape index (κ1) is 20.2. The van der Waals surface area contributed by atoms with Crippen LogP contribution < -0.4 is 4.74 Å². The van der Waals surface area contributed by atoms with Crippen LogP contribution in [-0.2, 0) is 0 Å². The van der Waals surface area contributed by atoms with E-state index in [0.717, 1.165) is 43.2 Å². The topological polar surface area (TPSA) is 9.23 Å². The fourth-order valence-corrected chi connectivity index (χ4v) is 4.84. The Hall–Kier alpha value is -1.52. The SMILES string of the molecule is CCCC=CC1CCC2CC(c3ccc(OC(F)(F)F)c(F)c3)CCC2C1. The molecule has 4 atom stereocenters. The molecule has 1 aromatic rings. The van der Waals surface area contributed by atoms with Gasteiger partial charge in [0.1, 0.15) is 0 Å². The zero-order valence-corrected chi connectivity index (χ0v) is 15.8. The van der Waals surface area contributed by atoms with Gasteiger partial charge in [0.15, 0.2) is 11.6 Å². The van der Waals surface area contributed by atoms with Gasteiger partial charge < -0.3 is 4.74 Å². The number of hydrogen-bond acceptors (Lipinski definition) is 1. The van der Waals surface area contributed by atoms with E-state index in [4.69, 9.17) is 0 Å². The van der Waals surface area contributed by atoms with Gasteiger partial charge in [-0.05, 0) is 86.3 Å². The molecule has 150 valence electrons. The van der Waals surface area contributed by atoms with Crippen molar-refractivity contribution in [1.29, 1.82) is 0 Å². The summed E-state index contributed by atoms with van der Waals surface area (Å²) in [6.07, 6.45) is 8.91. The van der Waals surface area contributed by atoms with Gasteiger partial charge in [-0.25, -0.2) is 4.39 Å². The van der Waals surface area contributed by atoms with E-state index < -0.39 is 17.9 Å². The first-order valence-electron chi connectivity index (χ1n) is 10.1. The average Bonchev–Trinajstić information content (AvgIpc) is 2.62. The maximum absolute atomic E-state index is 14.0. The molecule has 3 rings (SSSR count). The first-order valence-corrected chi connectivity index (χ1v) is 10.1. The van der Waals surface area contributed by atoms with Crippen LogP contribution in [0.3, 0.4) is 0 Å². The van der Waals surface area contributed by atoms with E-state index in [9.17, 15) is 17.6 Å². The van der Waals surface area contributed by atoms with Crippen molar-refractivity contribution in [3.63, 3.8) is 0 Å². The highest BCUT2D eigenvalue weighted by molar-refractivity contribution is 5.32. The van der Waals surface area contributed by atoms with Crippen molar-refractivity contribution >= 4 is 0 Å². The van der Waals surface area contributed by atoms with E-state index in [0.29, 0.717) is 11.8 Å². The highest BCUT2D eigenvalue weighted by atomic mass is 19.4. The quantitative estimate of drug-likeness (QED) is 0.380. The Morgan fingerprint density at radius 2 is 1.81 bits per heavy atom. The lowest BCUT2D eigenvalue weighted by molar-refractivity contribution is -0.275. The second-order valence-electron chi connectivity index (χ2n) is 8.06. The van der Waals surface area contributed by atoms with Crippen LogP contribution in [0.4, 0.5) is 17.6 Å². The molecule has 0 aliphatic heterocycles. The Balaban J connectivity index is 1.59. The van der Waals surface area contributed by atoms with E-state index in [1.165, 1.54) is 31.7 Å². The van der Waals surface area contributed by atoms with Gasteiger partial charge in [0.25, 0.3) is 0 Å². The normalized spacial score (nSPS) is 28.9. The molecule has 2 aliphatic rings. The van der Waals surface area contributed by atoms with Gasteiger partial charge >= 0.3 is 6.36 Å². The van der Waals surface area contributed by atoms with Gasteiger partial charge in [0, 0.05) is 0 Å². The summed E-state index contributed by atoms with van der Waals surface area (Å²) in [6.45, 7) is 2.19.